The maximum absolute atomic E-state index is 14.4. The number of alkyl halides is 1. The van der Waals surface area contributed by atoms with Gasteiger partial charge in [0, 0.05) is 30.5 Å². The zero-order chi connectivity index (χ0) is 20.5. The quantitative estimate of drug-likeness (QED) is 0.741. The van der Waals surface area contributed by atoms with Crippen molar-refractivity contribution in [3.05, 3.63) is 52.2 Å². The summed E-state index contributed by atoms with van der Waals surface area (Å²) < 4.78 is 50.7. The van der Waals surface area contributed by atoms with Gasteiger partial charge >= 0.3 is 11.9 Å². The van der Waals surface area contributed by atoms with Crippen LogP contribution in [0.4, 0.5) is 8.78 Å². The summed E-state index contributed by atoms with van der Waals surface area (Å²) in [6, 6.07) is 5.87. The Morgan fingerprint density at radius 1 is 1.42 bits per heavy atom. The topological polar surface area (TPSA) is 55.8 Å². The van der Waals surface area contributed by atoms with Gasteiger partial charge in [0.15, 0.2) is 5.06 Å². The number of halogens is 2. The summed E-state index contributed by atoms with van der Waals surface area (Å²) in [6.07, 6.45) is 0.502. The molecule has 0 saturated heterocycles. The Morgan fingerprint density at radius 2 is 2.19 bits per heavy atom. The van der Waals surface area contributed by atoms with E-state index in [0.717, 1.165) is 10.4 Å². The number of nitrogens with zero attached hydrogens (tertiary/aromatic N) is 1. The molecule has 1 aliphatic rings. The van der Waals surface area contributed by atoms with Crippen LogP contribution in [0.2, 0.25) is 0 Å². The summed E-state index contributed by atoms with van der Waals surface area (Å²) >= 11 is 1.31. The largest absolute Gasteiger partial charge is 0.432 e. The van der Waals surface area contributed by atoms with Gasteiger partial charge in [0.2, 0.25) is 6.81 Å². The van der Waals surface area contributed by atoms with E-state index in [2.05, 4.69) is 4.74 Å². The van der Waals surface area contributed by atoms with Crippen molar-refractivity contribution in [2.45, 2.75) is 25.9 Å². The molecule has 2 heterocycles. The molecule has 138 valence electrons. The van der Waals surface area contributed by atoms with Gasteiger partial charge in [-0.1, -0.05) is 18.2 Å². The van der Waals surface area contributed by atoms with E-state index < -0.39 is 30.6 Å². The summed E-state index contributed by atoms with van der Waals surface area (Å²) in [6.45, 7) is -1.85. The molecule has 2 aromatic rings. The Kier molecular flexibility index (Phi) is 4.84. The van der Waals surface area contributed by atoms with E-state index in [-0.39, 0.29) is 12.1 Å². The number of hydrogen-bond acceptors (Lipinski definition) is 6. The molecule has 0 bridgehead atoms. The number of carbonyl (C=O) groups excluding carboxylic acids is 2. The standard InChI is InChI=1S/C18H17F2NO4S/c1-11(22)25-16-8-12-9-21(7-6-15(12)26-16)17(18(23)24-10-19)13-4-2-3-5-14(13)20/h2-5,8,17H,6-7,9-10H2,1H3/t17-/m0/s1/i10D2. The molecule has 0 amide bonds. The summed E-state index contributed by atoms with van der Waals surface area (Å²) in [4.78, 5) is 26.2. The van der Waals surface area contributed by atoms with E-state index in [9.17, 15) is 18.4 Å². The molecule has 5 nitrogen and oxygen atoms in total. The lowest BCUT2D eigenvalue weighted by Gasteiger charge is -2.33. The normalized spacial score (nSPS) is 16.9. The fraction of sp³-hybridized carbons (Fsp3) is 0.333. The summed E-state index contributed by atoms with van der Waals surface area (Å²) in [5.41, 5.74) is 0.764. The molecule has 0 unspecified atom stereocenters. The Labute approximate surface area is 155 Å². The van der Waals surface area contributed by atoms with E-state index in [1.54, 1.807) is 11.0 Å². The highest BCUT2D eigenvalue weighted by Gasteiger charge is 2.34. The molecular weight excluding hydrogens is 364 g/mol. The molecule has 1 aromatic carbocycles. The SMILES string of the molecule is [2H]C([2H])(F)OC(=O)[C@H](c1ccccc1F)N1CCc2sc(OC(C)=O)cc2C1. The molecule has 1 atom stereocenters. The van der Waals surface area contributed by atoms with Gasteiger partial charge in [-0.05, 0) is 24.1 Å². The van der Waals surface area contributed by atoms with Gasteiger partial charge < -0.3 is 9.47 Å². The van der Waals surface area contributed by atoms with Gasteiger partial charge in [0.25, 0.3) is 0 Å². The maximum Gasteiger partial charge on any atom is 0.330 e. The fourth-order valence-electron chi connectivity index (χ4n) is 3.00. The van der Waals surface area contributed by atoms with E-state index >= 15 is 0 Å². The molecule has 3 rings (SSSR count). The minimum absolute atomic E-state index is 0.0318. The van der Waals surface area contributed by atoms with Crippen LogP contribution in [0, 0.1) is 5.82 Å². The maximum atomic E-state index is 14.4. The van der Waals surface area contributed by atoms with Crippen LogP contribution in [-0.4, -0.2) is 30.2 Å². The predicted molar refractivity (Wildman–Crippen MR) is 91.0 cm³/mol. The third-order valence-corrected chi connectivity index (χ3v) is 5.16. The first-order chi connectivity index (χ1) is 13.1. The number of thiophene rings is 1. The van der Waals surface area contributed by atoms with Crippen molar-refractivity contribution in [2.75, 3.05) is 13.4 Å². The van der Waals surface area contributed by atoms with Gasteiger partial charge in [0.05, 0.1) is 0 Å². The Hall–Kier alpha value is -2.32. The van der Waals surface area contributed by atoms with Crippen molar-refractivity contribution in [1.82, 2.24) is 4.90 Å². The first kappa shape index (κ1) is 15.9. The third kappa shape index (κ3) is 3.91. The highest BCUT2D eigenvalue weighted by Crippen LogP contribution is 2.37. The number of rotatable bonds is 5. The van der Waals surface area contributed by atoms with Gasteiger partial charge in [-0.25, -0.2) is 13.6 Å². The summed E-state index contributed by atoms with van der Waals surface area (Å²) in [7, 11) is 0. The average Bonchev–Trinajstić information content (AvgIpc) is 2.96. The minimum Gasteiger partial charge on any atom is -0.432 e. The molecule has 0 spiro atoms. The molecule has 1 aliphatic heterocycles. The molecule has 1 aromatic heterocycles. The van der Waals surface area contributed by atoms with Crippen LogP contribution in [0.15, 0.2) is 30.3 Å². The second kappa shape index (κ2) is 7.92. The zero-order valence-electron chi connectivity index (χ0n) is 15.8. The van der Waals surface area contributed by atoms with Crippen molar-refractivity contribution in [2.24, 2.45) is 0 Å². The fourth-order valence-corrected chi connectivity index (χ4v) is 4.05. The summed E-state index contributed by atoms with van der Waals surface area (Å²) in [5.74, 6) is -2.36. The van der Waals surface area contributed by atoms with Crippen molar-refractivity contribution in [1.29, 1.82) is 0 Å². The number of ether oxygens (including phenoxy) is 2. The molecule has 0 saturated carbocycles. The minimum atomic E-state index is -3.67. The number of esters is 2. The van der Waals surface area contributed by atoms with Crippen LogP contribution in [0.3, 0.4) is 0 Å². The van der Waals surface area contributed by atoms with E-state index in [4.69, 9.17) is 7.48 Å². The van der Waals surface area contributed by atoms with Crippen LogP contribution in [-0.2, 0) is 27.3 Å². The molecule has 0 N–H and O–H groups in total. The Bertz CT molecular complexity index is 900. The third-order valence-electron chi connectivity index (χ3n) is 4.05. The van der Waals surface area contributed by atoms with Crippen LogP contribution < -0.4 is 4.74 Å². The lowest BCUT2D eigenvalue weighted by Crippen LogP contribution is -2.38. The molecule has 26 heavy (non-hydrogen) atoms. The molecular formula is C18H17F2NO4S. The lowest BCUT2D eigenvalue weighted by atomic mass is 10.0. The monoisotopic (exact) mass is 383 g/mol. The number of hydrogen-bond donors (Lipinski definition) is 0. The summed E-state index contributed by atoms with van der Waals surface area (Å²) in [5, 5.41) is 0.421. The highest BCUT2D eigenvalue weighted by atomic mass is 32.1. The van der Waals surface area contributed by atoms with Crippen molar-refractivity contribution < 1.29 is 30.6 Å². The lowest BCUT2D eigenvalue weighted by molar-refractivity contribution is -0.155. The molecule has 0 radical (unpaired) electrons. The second-order valence-electron chi connectivity index (χ2n) is 5.75. The highest BCUT2D eigenvalue weighted by molar-refractivity contribution is 7.14. The number of fused-ring (bicyclic) bond motifs is 1. The van der Waals surface area contributed by atoms with Crippen molar-refractivity contribution >= 4 is 23.3 Å². The van der Waals surface area contributed by atoms with Crippen LogP contribution in [0.25, 0.3) is 0 Å². The number of benzene rings is 1. The molecule has 0 fully saturated rings. The van der Waals surface area contributed by atoms with Gasteiger partial charge in [-0.15, -0.1) is 11.3 Å². The van der Waals surface area contributed by atoms with Gasteiger partial charge in [0.1, 0.15) is 14.6 Å². The first-order valence-corrected chi connectivity index (χ1v) is 8.66. The van der Waals surface area contributed by atoms with Gasteiger partial charge in [-0.2, -0.15) is 0 Å². The zero-order valence-corrected chi connectivity index (χ0v) is 14.6. The molecule has 8 heteroatoms. The first-order valence-electron chi connectivity index (χ1n) is 8.84. The van der Waals surface area contributed by atoms with Crippen LogP contribution in [0.1, 0.15) is 31.7 Å². The van der Waals surface area contributed by atoms with Crippen molar-refractivity contribution in [3.8, 4) is 5.06 Å². The van der Waals surface area contributed by atoms with E-state index in [0.29, 0.717) is 18.0 Å². The average molecular weight is 383 g/mol. The second-order valence-corrected chi connectivity index (χ2v) is 6.85. The van der Waals surface area contributed by atoms with E-state index in [1.165, 1.54) is 42.5 Å². The van der Waals surface area contributed by atoms with Crippen molar-refractivity contribution in [3.63, 3.8) is 0 Å². The van der Waals surface area contributed by atoms with Crippen LogP contribution >= 0.6 is 11.3 Å². The number of carbonyl (C=O) groups is 2. The van der Waals surface area contributed by atoms with Gasteiger partial charge in [-0.3, -0.25) is 9.69 Å². The van der Waals surface area contributed by atoms with Crippen LogP contribution in [0.5, 0.6) is 5.06 Å². The molecule has 0 aliphatic carbocycles. The predicted octanol–water partition coefficient (Wildman–Crippen LogP) is 3.38. The smallest absolute Gasteiger partial charge is 0.330 e. The Morgan fingerprint density at radius 3 is 2.88 bits per heavy atom. The van der Waals surface area contributed by atoms with E-state index in [1.807, 2.05) is 0 Å². The Balaban J connectivity index is 1.91.